The lowest BCUT2D eigenvalue weighted by Crippen LogP contribution is -2.02. The molecule has 0 aliphatic carbocycles. The Morgan fingerprint density at radius 2 is 1.71 bits per heavy atom. The maximum Gasteiger partial charge on any atom is 0.304 e. The SMILES string of the molecule is O=[N+]([O-])c1ccc(NCc2cc(F)c(O)c(F)c2)cc1F. The van der Waals surface area contributed by atoms with Gasteiger partial charge >= 0.3 is 5.69 Å². The van der Waals surface area contributed by atoms with Crippen LogP contribution in [0.3, 0.4) is 0 Å². The molecule has 21 heavy (non-hydrogen) atoms. The van der Waals surface area contributed by atoms with E-state index in [1.165, 1.54) is 6.07 Å². The Morgan fingerprint density at radius 1 is 1.10 bits per heavy atom. The highest BCUT2D eigenvalue weighted by atomic mass is 19.1. The maximum atomic E-state index is 13.4. The van der Waals surface area contributed by atoms with Crippen molar-refractivity contribution in [1.82, 2.24) is 0 Å². The van der Waals surface area contributed by atoms with E-state index in [0.717, 1.165) is 24.3 Å². The average molecular weight is 298 g/mol. The van der Waals surface area contributed by atoms with E-state index in [1.807, 2.05) is 0 Å². The number of anilines is 1. The first kappa shape index (κ1) is 14.6. The molecule has 0 atom stereocenters. The molecule has 0 saturated carbocycles. The molecule has 0 aliphatic rings. The third-order valence-electron chi connectivity index (χ3n) is 2.72. The summed E-state index contributed by atoms with van der Waals surface area (Å²) < 4.78 is 39.6. The van der Waals surface area contributed by atoms with Crippen molar-refractivity contribution in [2.24, 2.45) is 0 Å². The number of nitrogens with one attached hydrogen (secondary N) is 1. The third-order valence-corrected chi connectivity index (χ3v) is 2.72. The van der Waals surface area contributed by atoms with Crippen LogP contribution in [0.4, 0.5) is 24.5 Å². The summed E-state index contributed by atoms with van der Waals surface area (Å²) in [5.41, 5.74) is -0.268. The van der Waals surface area contributed by atoms with E-state index < -0.39 is 33.8 Å². The van der Waals surface area contributed by atoms with Gasteiger partial charge in [0, 0.05) is 24.4 Å². The van der Waals surface area contributed by atoms with E-state index in [4.69, 9.17) is 5.11 Å². The van der Waals surface area contributed by atoms with Crippen LogP contribution in [0, 0.1) is 27.6 Å². The number of aromatic hydroxyl groups is 1. The van der Waals surface area contributed by atoms with Crippen LogP contribution in [0.15, 0.2) is 30.3 Å². The van der Waals surface area contributed by atoms with Crippen LogP contribution in [-0.4, -0.2) is 10.0 Å². The molecule has 0 amide bonds. The predicted octanol–water partition coefficient (Wildman–Crippen LogP) is 3.33. The minimum absolute atomic E-state index is 0.0502. The summed E-state index contributed by atoms with van der Waals surface area (Å²) in [6, 6.07) is 5.01. The van der Waals surface area contributed by atoms with Crippen LogP contribution in [-0.2, 0) is 6.54 Å². The molecule has 2 rings (SSSR count). The molecule has 0 unspecified atom stereocenters. The van der Waals surface area contributed by atoms with Gasteiger partial charge in [0.2, 0.25) is 5.82 Å². The molecular formula is C13H9F3N2O3. The Balaban J connectivity index is 2.13. The number of nitro benzene ring substituents is 1. The monoisotopic (exact) mass is 298 g/mol. The summed E-state index contributed by atoms with van der Waals surface area (Å²) >= 11 is 0. The molecule has 0 saturated heterocycles. The Morgan fingerprint density at radius 3 is 2.24 bits per heavy atom. The van der Waals surface area contributed by atoms with Crippen molar-refractivity contribution in [3.8, 4) is 5.75 Å². The Hall–Kier alpha value is -2.77. The van der Waals surface area contributed by atoms with Gasteiger partial charge in [-0.3, -0.25) is 10.1 Å². The molecule has 110 valence electrons. The number of hydrogen-bond acceptors (Lipinski definition) is 4. The van der Waals surface area contributed by atoms with Crippen LogP contribution >= 0.6 is 0 Å². The Labute approximate surface area is 116 Å². The lowest BCUT2D eigenvalue weighted by Gasteiger charge is -2.08. The zero-order valence-corrected chi connectivity index (χ0v) is 10.4. The van der Waals surface area contributed by atoms with Crippen LogP contribution in [0.1, 0.15) is 5.56 Å². The molecule has 0 aromatic heterocycles. The van der Waals surface area contributed by atoms with Gasteiger partial charge in [-0.25, -0.2) is 8.78 Å². The largest absolute Gasteiger partial charge is 0.503 e. The fourth-order valence-corrected chi connectivity index (χ4v) is 1.69. The smallest absolute Gasteiger partial charge is 0.304 e. The molecule has 0 heterocycles. The van der Waals surface area contributed by atoms with Gasteiger partial charge < -0.3 is 10.4 Å². The number of phenols is 1. The van der Waals surface area contributed by atoms with Crippen molar-refractivity contribution in [3.63, 3.8) is 0 Å². The van der Waals surface area contributed by atoms with E-state index in [9.17, 15) is 23.3 Å². The summed E-state index contributed by atoms with van der Waals surface area (Å²) in [6.45, 7) is -0.0502. The highest BCUT2D eigenvalue weighted by molar-refractivity contribution is 5.50. The number of phenolic OH excluding ortho intramolecular Hbond substituents is 1. The molecule has 2 N–H and O–H groups in total. The van der Waals surface area contributed by atoms with Gasteiger partial charge in [-0.2, -0.15) is 4.39 Å². The number of rotatable bonds is 4. The van der Waals surface area contributed by atoms with Crippen molar-refractivity contribution < 1.29 is 23.2 Å². The molecule has 0 bridgehead atoms. The summed E-state index contributed by atoms with van der Waals surface area (Å²) in [7, 11) is 0. The van der Waals surface area contributed by atoms with E-state index in [-0.39, 0.29) is 17.8 Å². The minimum Gasteiger partial charge on any atom is -0.503 e. The number of hydrogen-bond donors (Lipinski definition) is 2. The van der Waals surface area contributed by atoms with Gasteiger partial charge in [-0.15, -0.1) is 0 Å². The van der Waals surface area contributed by atoms with Crippen LogP contribution in [0.25, 0.3) is 0 Å². The first-order valence-corrected chi connectivity index (χ1v) is 5.73. The quantitative estimate of drug-likeness (QED) is 0.670. The topological polar surface area (TPSA) is 75.4 Å². The highest BCUT2D eigenvalue weighted by Crippen LogP contribution is 2.23. The van der Waals surface area contributed by atoms with Gasteiger partial charge in [0.1, 0.15) is 0 Å². The van der Waals surface area contributed by atoms with E-state index in [2.05, 4.69) is 5.32 Å². The second-order valence-electron chi connectivity index (χ2n) is 4.18. The fraction of sp³-hybridized carbons (Fsp3) is 0.0769. The van der Waals surface area contributed by atoms with E-state index in [0.29, 0.717) is 0 Å². The molecule has 2 aromatic carbocycles. The van der Waals surface area contributed by atoms with Crippen molar-refractivity contribution in [2.75, 3.05) is 5.32 Å². The normalized spacial score (nSPS) is 10.4. The van der Waals surface area contributed by atoms with Gasteiger partial charge in [0.25, 0.3) is 0 Å². The molecule has 0 radical (unpaired) electrons. The number of nitro groups is 1. The average Bonchev–Trinajstić information content (AvgIpc) is 2.42. The number of halogens is 3. The second kappa shape index (κ2) is 5.70. The molecule has 0 aliphatic heterocycles. The van der Waals surface area contributed by atoms with Crippen LogP contribution in [0.5, 0.6) is 5.75 Å². The maximum absolute atomic E-state index is 13.4. The molecular weight excluding hydrogens is 289 g/mol. The van der Waals surface area contributed by atoms with E-state index >= 15 is 0 Å². The van der Waals surface area contributed by atoms with Crippen molar-refractivity contribution >= 4 is 11.4 Å². The van der Waals surface area contributed by atoms with Gasteiger partial charge in [0.05, 0.1) is 4.92 Å². The van der Waals surface area contributed by atoms with Gasteiger partial charge in [-0.1, -0.05) is 0 Å². The lowest BCUT2D eigenvalue weighted by molar-refractivity contribution is -0.387. The molecule has 8 heteroatoms. The van der Waals surface area contributed by atoms with Gasteiger partial charge in [0.15, 0.2) is 17.4 Å². The Kier molecular flexibility index (Phi) is 3.97. The zero-order valence-electron chi connectivity index (χ0n) is 10.4. The lowest BCUT2D eigenvalue weighted by atomic mass is 10.2. The minimum atomic E-state index is -1.11. The molecule has 2 aromatic rings. The Bertz CT molecular complexity index is 684. The molecule has 0 spiro atoms. The molecule has 5 nitrogen and oxygen atoms in total. The van der Waals surface area contributed by atoms with E-state index in [1.54, 1.807) is 0 Å². The molecule has 0 fully saturated rings. The number of benzene rings is 2. The zero-order chi connectivity index (χ0) is 15.6. The third kappa shape index (κ3) is 3.22. The van der Waals surface area contributed by atoms with Crippen molar-refractivity contribution in [3.05, 3.63) is 63.5 Å². The van der Waals surface area contributed by atoms with Crippen LogP contribution in [0.2, 0.25) is 0 Å². The highest BCUT2D eigenvalue weighted by Gasteiger charge is 2.14. The van der Waals surface area contributed by atoms with Crippen molar-refractivity contribution in [1.29, 1.82) is 0 Å². The number of nitrogens with zero attached hydrogens (tertiary/aromatic N) is 1. The summed E-state index contributed by atoms with van der Waals surface area (Å²) in [6.07, 6.45) is 0. The fourth-order valence-electron chi connectivity index (χ4n) is 1.69. The first-order chi connectivity index (χ1) is 9.88. The first-order valence-electron chi connectivity index (χ1n) is 5.73. The van der Waals surface area contributed by atoms with Crippen molar-refractivity contribution in [2.45, 2.75) is 6.54 Å². The van der Waals surface area contributed by atoms with Gasteiger partial charge in [-0.05, 0) is 23.8 Å². The van der Waals surface area contributed by atoms with Crippen LogP contribution < -0.4 is 5.32 Å². The predicted molar refractivity (Wildman–Crippen MR) is 68.4 cm³/mol. The summed E-state index contributed by atoms with van der Waals surface area (Å²) in [5.74, 6) is -4.31. The second-order valence-corrected chi connectivity index (χ2v) is 4.18. The summed E-state index contributed by atoms with van der Waals surface area (Å²) in [4.78, 5) is 9.60. The summed E-state index contributed by atoms with van der Waals surface area (Å²) in [5, 5.41) is 22.1. The standard InChI is InChI=1S/C13H9F3N2O3/c14-9-5-8(1-2-12(9)18(20)21)17-6-7-3-10(15)13(19)11(16)4-7/h1-5,17,19H,6H2.